The molecule has 6 heteroatoms. The molecule has 0 radical (unpaired) electrons. The van der Waals surface area contributed by atoms with Gasteiger partial charge in [0.25, 0.3) is 0 Å². The highest BCUT2D eigenvalue weighted by molar-refractivity contribution is 7.88. The zero-order valence-corrected chi connectivity index (χ0v) is 15.7. The van der Waals surface area contributed by atoms with Crippen LogP contribution >= 0.6 is 11.3 Å². The summed E-state index contributed by atoms with van der Waals surface area (Å²) in [5.41, 5.74) is 0.224. The van der Waals surface area contributed by atoms with Crippen LogP contribution in [0, 0.1) is 5.92 Å². The van der Waals surface area contributed by atoms with Gasteiger partial charge in [-0.05, 0) is 42.9 Å². The summed E-state index contributed by atoms with van der Waals surface area (Å²) in [6.07, 6.45) is 3.21. The topological polar surface area (TPSA) is 49.4 Å². The Morgan fingerprint density at radius 3 is 2.41 bits per heavy atom. The van der Waals surface area contributed by atoms with Crippen molar-refractivity contribution in [3.63, 3.8) is 0 Å². The molecule has 1 saturated heterocycles. The van der Waals surface area contributed by atoms with E-state index in [1.807, 2.05) is 11.3 Å². The third-order valence-electron chi connectivity index (χ3n) is 4.18. The summed E-state index contributed by atoms with van der Waals surface area (Å²) in [4.78, 5) is 2.80. The molecule has 0 saturated carbocycles. The van der Waals surface area contributed by atoms with Gasteiger partial charge < -0.3 is 5.32 Å². The molecule has 1 aliphatic rings. The summed E-state index contributed by atoms with van der Waals surface area (Å²) in [5, 5.41) is 3.53. The van der Waals surface area contributed by atoms with Crippen LogP contribution in [0.5, 0.6) is 0 Å². The Bertz CT molecular complexity index is 580. The molecule has 1 aromatic rings. The molecule has 22 heavy (non-hydrogen) atoms. The van der Waals surface area contributed by atoms with Crippen LogP contribution in [0.4, 0.5) is 0 Å². The van der Waals surface area contributed by atoms with E-state index < -0.39 is 10.0 Å². The first-order chi connectivity index (χ1) is 10.2. The predicted molar refractivity (Wildman–Crippen MR) is 93.9 cm³/mol. The molecule has 0 bridgehead atoms. The summed E-state index contributed by atoms with van der Waals surface area (Å²) in [6, 6.07) is 4.44. The fourth-order valence-corrected chi connectivity index (χ4v) is 4.63. The summed E-state index contributed by atoms with van der Waals surface area (Å²) in [7, 11) is -3.01. The highest BCUT2D eigenvalue weighted by atomic mass is 32.2. The van der Waals surface area contributed by atoms with Gasteiger partial charge in [-0.25, -0.2) is 12.7 Å². The van der Waals surface area contributed by atoms with E-state index >= 15 is 0 Å². The van der Waals surface area contributed by atoms with Gasteiger partial charge in [0.1, 0.15) is 0 Å². The maximum atomic E-state index is 11.5. The van der Waals surface area contributed by atoms with Crippen molar-refractivity contribution in [3.8, 4) is 0 Å². The van der Waals surface area contributed by atoms with E-state index in [2.05, 4.69) is 38.2 Å². The molecule has 1 N–H and O–H groups in total. The highest BCUT2D eigenvalue weighted by Crippen LogP contribution is 2.29. The zero-order valence-electron chi connectivity index (χ0n) is 14.1. The van der Waals surface area contributed by atoms with Crippen molar-refractivity contribution in [1.29, 1.82) is 0 Å². The van der Waals surface area contributed by atoms with Crippen LogP contribution < -0.4 is 5.32 Å². The van der Waals surface area contributed by atoms with Crippen LogP contribution in [0.15, 0.2) is 12.1 Å². The average Bonchev–Trinajstić information content (AvgIpc) is 2.87. The van der Waals surface area contributed by atoms with Crippen LogP contribution in [-0.2, 0) is 22.0 Å². The number of piperidine rings is 1. The van der Waals surface area contributed by atoms with Gasteiger partial charge in [-0.3, -0.25) is 0 Å². The molecule has 1 fully saturated rings. The van der Waals surface area contributed by atoms with Gasteiger partial charge in [0.15, 0.2) is 0 Å². The van der Waals surface area contributed by atoms with Gasteiger partial charge in [-0.15, -0.1) is 11.3 Å². The predicted octanol–water partition coefficient (Wildman–Crippen LogP) is 2.81. The van der Waals surface area contributed by atoms with E-state index in [-0.39, 0.29) is 5.41 Å². The lowest BCUT2D eigenvalue weighted by molar-refractivity contribution is 0.268. The molecule has 4 nitrogen and oxygen atoms in total. The van der Waals surface area contributed by atoms with Gasteiger partial charge in [0.2, 0.25) is 10.0 Å². The highest BCUT2D eigenvalue weighted by Gasteiger charge is 2.24. The third-order valence-corrected chi connectivity index (χ3v) is 6.99. The number of rotatable bonds is 5. The van der Waals surface area contributed by atoms with E-state index in [1.165, 1.54) is 16.0 Å². The van der Waals surface area contributed by atoms with Gasteiger partial charge >= 0.3 is 0 Å². The average molecular weight is 345 g/mol. The Balaban J connectivity index is 1.73. The first-order valence-electron chi connectivity index (χ1n) is 7.91. The number of nitrogens with one attached hydrogen (secondary N) is 1. The smallest absolute Gasteiger partial charge is 0.211 e. The second-order valence-electron chi connectivity index (χ2n) is 7.25. The maximum absolute atomic E-state index is 11.5. The van der Waals surface area contributed by atoms with Gasteiger partial charge in [-0.1, -0.05) is 20.8 Å². The Morgan fingerprint density at radius 2 is 1.91 bits per heavy atom. The van der Waals surface area contributed by atoms with E-state index in [0.29, 0.717) is 19.0 Å². The number of sulfonamides is 1. The number of hydrogen-bond acceptors (Lipinski definition) is 4. The molecule has 1 aliphatic heterocycles. The van der Waals surface area contributed by atoms with E-state index in [0.717, 1.165) is 25.9 Å². The quantitative estimate of drug-likeness (QED) is 0.893. The first kappa shape index (κ1) is 17.9. The molecule has 0 atom stereocenters. The fourth-order valence-electron chi connectivity index (χ4n) is 2.72. The molecule has 0 spiro atoms. The van der Waals surface area contributed by atoms with Crippen molar-refractivity contribution in [2.75, 3.05) is 25.9 Å². The number of hydrogen-bond donors (Lipinski definition) is 1. The minimum absolute atomic E-state index is 0.224. The molecular weight excluding hydrogens is 316 g/mol. The molecule has 0 amide bonds. The molecule has 1 aromatic heterocycles. The Morgan fingerprint density at radius 1 is 1.27 bits per heavy atom. The second kappa shape index (κ2) is 6.99. The lowest BCUT2D eigenvalue weighted by Gasteiger charge is -2.30. The monoisotopic (exact) mass is 344 g/mol. The van der Waals surface area contributed by atoms with Crippen LogP contribution in [-0.4, -0.2) is 38.6 Å². The minimum atomic E-state index is -3.01. The van der Waals surface area contributed by atoms with Crippen molar-refractivity contribution < 1.29 is 8.42 Å². The summed E-state index contributed by atoms with van der Waals surface area (Å²) in [5.74, 6) is 0.583. The molecule has 0 aromatic carbocycles. The lowest BCUT2D eigenvalue weighted by Crippen LogP contribution is -2.40. The van der Waals surface area contributed by atoms with E-state index in [1.54, 1.807) is 4.31 Å². The van der Waals surface area contributed by atoms with Crippen molar-refractivity contribution in [2.24, 2.45) is 5.92 Å². The SMILES string of the molecule is CC(C)(C)c1ccc(CNCC2CCN(S(C)(=O)=O)CC2)s1. The summed E-state index contributed by atoms with van der Waals surface area (Å²) >= 11 is 1.88. The Hall–Kier alpha value is -0.430. The summed E-state index contributed by atoms with van der Waals surface area (Å²) < 4.78 is 24.6. The third kappa shape index (κ3) is 5.05. The standard InChI is InChI=1S/C16H28N2O2S2/c1-16(2,3)15-6-5-14(21-15)12-17-11-13-7-9-18(10-8-13)22(4,19)20/h5-6,13,17H,7-12H2,1-4H3. The van der Waals surface area contributed by atoms with Crippen molar-refractivity contribution in [1.82, 2.24) is 9.62 Å². The molecule has 0 aliphatic carbocycles. The molecule has 0 unspecified atom stereocenters. The van der Waals surface area contributed by atoms with Gasteiger partial charge in [0.05, 0.1) is 6.26 Å². The maximum Gasteiger partial charge on any atom is 0.211 e. The van der Waals surface area contributed by atoms with Crippen LogP contribution in [0.1, 0.15) is 43.4 Å². The van der Waals surface area contributed by atoms with Gasteiger partial charge in [-0.2, -0.15) is 0 Å². The molecule has 2 rings (SSSR count). The van der Waals surface area contributed by atoms with Crippen LogP contribution in [0.3, 0.4) is 0 Å². The number of thiophene rings is 1. The lowest BCUT2D eigenvalue weighted by atomic mass is 9.95. The Labute approximate surface area is 139 Å². The molecule has 126 valence electrons. The molecule has 2 heterocycles. The Kier molecular flexibility index (Phi) is 5.69. The van der Waals surface area contributed by atoms with Crippen molar-refractivity contribution >= 4 is 21.4 Å². The molecular formula is C16H28N2O2S2. The van der Waals surface area contributed by atoms with Crippen molar-refractivity contribution in [2.45, 2.75) is 45.6 Å². The van der Waals surface area contributed by atoms with E-state index in [9.17, 15) is 8.42 Å². The fraction of sp³-hybridized carbons (Fsp3) is 0.750. The van der Waals surface area contributed by atoms with Gasteiger partial charge in [0, 0.05) is 29.4 Å². The largest absolute Gasteiger partial charge is 0.312 e. The minimum Gasteiger partial charge on any atom is -0.312 e. The zero-order chi connectivity index (χ0) is 16.4. The summed E-state index contributed by atoms with van der Waals surface area (Å²) in [6.45, 7) is 9.94. The number of nitrogens with zero attached hydrogens (tertiary/aromatic N) is 1. The first-order valence-corrected chi connectivity index (χ1v) is 10.6. The van der Waals surface area contributed by atoms with Crippen molar-refractivity contribution in [3.05, 3.63) is 21.9 Å². The second-order valence-corrected chi connectivity index (χ2v) is 10.4. The van der Waals surface area contributed by atoms with Crippen LogP contribution in [0.25, 0.3) is 0 Å². The normalized spacial score (nSPS) is 18.7. The van der Waals surface area contributed by atoms with E-state index in [4.69, 9.17) is 0 Å². The van der Waals surface area contributed by atoms with Crippen LogP contribution in [0.2, 0.25) is 0 Å².